The molecule has 1 aromatic heterocycles. The van der Waals surface area contributed by atoms with Crippen LogP contribution in [0.3, 0.4) is 0 Å². The normalized spacial score (nSPS) is 13.8. The Morgan fingerprint density at radius 2 is 1.56 bits per heavy atom. The molecular formula is C27H25N3O3S. The number of piperazine rings is 1. The summed E-state index contributed by atoms with van der Waals surface area (Å²) in [4.78, 5) is 34.2. The van der Waals surface area contributed by atoms with Crippen molar-refractivity contribution < 1.29 is 14.3 Å². The van der Waals surface area contributed by atoms with Gasteiger partial charge >= 0.3 is 0 Å². The molecule has 5 rings (SSSR count). The number of thiazole rings is 1. The van der Waals surface area contributed by atoms with Crippen LogP contribution in [0.5, 0.6) is 5.75 Å². The molecule has 0 N–H and O–H groups in total. The van der Waals surface area contributed by atoms with Gasteiger partial charge in [0.15, 0.2) is 0 Å². The van der Waals surface area contributed by atoms with Crippen molar-refractivity contribution in [3.63, 3.8) is 0 Å². The maximum Gasteiger partial charge on any atom is 0.254 e. The van der Waals surface area contributed by atoms with E-state index in [1.165, 1.54) is 0 Å². The number of aromatic nitrogens is 1. The maximum atomic E-state index is 13.2. The fourth-order valence-electron chi connectivity index (χ4n) is 4.20. The van der Waals surface area contributed by atoms with Crippen LogP contribution in [-0.4, -0.2) is 52.8 Å². The van der Waals surface area contributed by atoms with Crippen LogP contribution in [0.15, 0.2) is 72.1 Å². The number of benzene rings is 3. The zero-order chi connectivity index (χ0) is 23.5. The number of ether oxygens (including phenoxy) is 1. The Morgan fingerprint density at radius 1 is 0.882 bits per heavy atom. The van der Waals surface area contributed by atoms with Gasteiger partial charge < -0.3 is 14.5 Å². The summed E-state index contributed by atoms with van der Waals surface area (Å²) in [5.74, 6) is 0.687. The summed E-state index contributed by atoms with van der Waals surface area (Å²) in [6, 6.07) is 20.9. The molecule has 1 aliphatic heterocycles. The van der Waals surface area contributed by atoms with Gasteiger partial charge in [-0.15, -0.1) is 11.3 Å². The van der Waals surface area contributed by atoms with Gasteiger partial charge in [-0.3, -0.25) is 9.59 Å². The summed E-state index contributed by atoms with van der Waals surface area (Å²) in [6.07, 6.45) is 0. The molecule has 1 aliphatic rings. The van der Waals surface area contributed by atoms with Crippen LogP contribution < -0.4 is 4.74 Å². The first kappa shape index (κ1) is 22.1. The Kier molecular flexibility index (Phi) is 6.27. The van der Waals surface area contributed by atoms with E-state index in [4.69, 9.17) is 4.74 Å². The zero-order valence-corrected chi connectivity index (χ0v) is 19.8. The number of rotatable bonds is 5. The van der Waals surface area contributed by atoms with Crippen LogP contribution in [0, 0.1) is 6.92 Å². The van der Waals surface area contributed by atoms with E-state index in [1.54, 1.807) is 28.4 Å². The molecule has 7 heteroatoms. The van der Waals surface area contributed by atoms with Crippen molar-refractivity contribution in [3.05, 3.63) is 93.9 Å². The minimum absolute atomic E-state index is 0.0145. The molecule has 0 aliphatic carbocycles. The molecule has 1 fully saturated rings. The van der Waals surface area contributed by atoms with Gasteiger partial charge in [-0.1, -0.05) is 36.4 Å². The number of amides is 2. The molecular weight excluding hydrogens is 446 g/mol. The zero-order valence-electron chi connectivity index (χ0n) is 18.9. The molecule has 172 valence electrons. The number of carbonyl (C=O) groups is 2. The first-order valence-electron chi connectivity index (χ1n) is 11.3. The van der Waals surface area contributed by atoms with E-state index in [9.17, 15) is 9.59 Å². The monoisotopic (exact) mass is 471 g/mol. The quantitative estimate of drug-likeness (QED) is 0.420. The molecule has 0 radical (unpaired) electrons. The lowest BCUT2D eigenvalue weighted by Crippen LogP contribution is -2.50. The molecule has 0 unspecified atom stereocenters. The summed E-state index contributed by atoms with van der Waals surface area (Å²) in [7, 11) is 0. The van der Waals surface area contributed by atoms with Gasteiger partial charge in [0.1, 0.15) is 12.4 Å². The highest BCUT2D eigenvalue weighted by molar-refractivity contribution is 7.09. The minimum Gasteiger partial charge on any atom is -0.487 e. The van der Waals surface area contributed by atoms with Gasteiger partial charge in [0.2, 0.25) is 0 Å². The van der Waals surface area contributed by atoms with E-state index in [-0.39, 0.29) is 11.8 Å². The fourth-order valence-corrected chi connectivity index (χ4v) is 4.80. The lowest BCUT2D eigenvalue weighted by molar-refractivity contribution is 0.0536. The molecule has 1 saturated heterocycles. The summed E-state index contributed by atoms with van der Waals surface area (Å²) < 4.78 is 5.77. The maximum absolute atomic E-state index is 13.2. The second-order valence-corrected chi connectivity index (χ2v) is 9.34. The summed E-state index contributed by atoms with van der Waals surface area (Å²) in [5.41, 5.74) is 2.23. The predicted octanol–water partition coefficient (Wildman–Crippen LogP) is 4.78. The molecule has 0 spiro atoms. The average molecular weight is 472 g/mol. The third-order valence-electron chi connectivity index (χ3n) is 6.03. The van der Waals surface area contributed by atoms with Gasteiger partial charge in [0.25, 0.3) is 11.8 Å². The number of aryl methyl sites for hydroxylation is 1. The number of hydrogen-bond donors (Lipinski definition) is 0. The van der Waals surface area contributed by atoms with Gasteiger partial charge in [-0.25, -0.2) is 4.98 Å². The Hall–Kier alpha value is -3.71. The number of nitrogens with zero attached hydrogens (tertiary/aromatic N) is 3. The molecule has 0 atom stereocenters. The predicted molar refractivity (Wildman–Crippen MR) is 133 cm³/mol. The van der Waals surface area contributed by atoms with Crippen molar-refractivity contribution in [1.29, 1.82) is 0 Å². The lowest BCUT2D eigenvalue weighted by Gasteiger charge is -2.35. The van der Waals surface area contributed by atoms with Gasteiger partial charge in [0.05, 0.1) is 10.7 Å². The summed E-state index contributed by atoms with van der Waals surface area (Å²) in [5, 5.41) is 5.01. The van der Waals surface area contributed by atoms with E-state index in [0.717, 1.165) is 21.5 Å². The van der Waals surface area contributed by atoms with Crippen molar-refractivity contribution in [2.24, 2.45) is 0 Å². The highest BCUT2D eigenvalue weighted by Crippen LogP contribution is 2.21. The van der Waals surface area contributed by atoms with Crippen molar-refractivity contribution in [3.8, 4) is 5.75 Å². The molecule has 0 bridgehead atoms. The number of hydrogen-bond acceptors (Lipinski definition) is 5. The first-order valence-corrected chi connectivity index (χ1v) is 12.2. The number of carbonyl (C=O) groups excluding carboxylic acids is 2. The van der Waals surface area contributed by atoms with Crippen LogP contribution in [0.1, 0.15) is 31.4 Å². The lowest BCUT2D eigenvalue weighted by atomic mass is 10.0. The standard InChI is InChI=1S/C27H25N3O3S/c1-19-28-22(18-34-19)17-33-23-11-9-21(10-12-23)26(31)29-13-15-30(16-14-29)27(32)25-8-4-6-20-5-2-3-7-24(20)25/h2-12,18H,13-17H2,1H3. The van der Waals surface area contributed by atoms with E-state index >= 15 is 0 Å². The molecule has 2 heterocycles. The van der Waals surface area contributed by atoms with E-state index in [1.807, 2.05) is 71.8 Å². The minimum atomic E-state index is -0.0288. The topological polar surface area (TPSA) is 62.7 Å². The molecule has 4 aromatic rings. The third kappa shape index (κ3) is 4.65. The molecule has 2 amide bonds. The fraction of sp³-hybridized carbons (Fsp3) is 0.222. The highest BCUT2D eigenvalue weighted by atomic mass is 32.1. The molecule has 0 saturated carbocycles. The average Bonchev–Trinajstić information content (AvgIpc) is 3.31. The van der Waals surface area contributed by atoms with Gasteiger partial charge in [0, 0.05) is 42.7 Å². The Bertz CT molecular complexity index is 1320. The molecule has 6 nitrogen and oxygen atoms in total. The van der Waals surface area contributed by atoms with Crippen LogP contribution in [0.25, 0.3) is 10.8 Å². The van der Waals surface area contributed by atoms with Crippen LogP contribution in [-0.2, 0) is 6.61 Å². The second kappa shape index (κ2) is 9.65. The smallest absolute Gasteiger partial charge is 0.254 e. The Balaban J connectivity index is 1.18. The summed E-state index contributed by atoms with van der Waals surface area (Å²) in [6.45, 7) is 4.43. The van der Waals surface area contributed by atoms with Crippen LogP contribution >= 0.6 is 11.3 Å². The molecule has 3 aromatic carbocycles. The largest absolute Gasteiger partial charge is 0.487 e. The van der Waals surface area contributed by atoms with E-state index in [2.05, 4.69) is 4.98 Å². The van der Waals surface area contributed by atoms with Crippen molar-refractivity contribution in [1.82, 2.24) is 14.8 Å². The summed E-state index contributed by atoms with van der Waals surface area (Å²) >= 11 is 1.60. The Labute approximate surface area is 202 Å². The van der Waals surface area contributed by atoms with Crippen molar-refractivity contribution in [2.45, 2.75) is 13.5 Å². The van der Waals surface area contributed by atoms with Crippen molar-refractivity contribution in [2.75, 3.05) is 26.2 Å². The van der Waals surface area contributed by atoms with Gasteiger partial charge in [-0.2, -0.15) is 0 Å². The van der Waals surface area contributed by atoms with Crippen LogP contribution in [0.4, 0.5) is 0 Å². The number of fused-ring (bicyclic) bond motifs is 1. The SMILES string of the molecule is Cc1nc(COc2ccc(C(=O)N3CCN(C(=O)c4cccc5ccccc45)CC3)cc2)cs1. The van der Waals surface area contributed by atoms with E-state index in [0.29, 0.717) is 49.7 Å². The Morgan fingerprint density at radius 3 is 2.26 bits per heavy atom. The second-order valence-electron chi connectivity index (χ2n) is 8.28. The van der Waals surface area contributed by atoms with Gasteiger partial charge in [-0.05, 0) is 48.0 Å². The van der Waals surface area contributed by atoms with Crippen LogP contribution in [0.2, 0.25) is 0 Å². The highest BCUT2D eigenvalue weighted by Gasteiger charge is 2.26. The third-order valence-corrected chi connectivity index (χ3v) is 6.85. The first-order chi connectivity index (χ1) is 16.6. The van der Waals surface area contributed by atoms with E-state index < -0.39 is 0 Å². The molecule has 34 heavy (non-hydrogen) atoms. The van der Waals surface area contributed by atoms with Crippen molar-refractivity contribution >= 4 is 33.9 Å².